The second-order valence-electron chi connectivity index (χ2n) is 4.40. The molecule has 0 saturated carbocycles. The molecule has 106 valence electrons. The van der Waals surface area contributed by atoms with Crippen molar-refractivity contribution in [1.82, 2.24) is 14.8 Å². The number of nitrogen functional groups attached to an aromatic ring is 1. The van der Waals surface area contributed by atoms with Gasteiger partial charge in [0, 0.05) is 25.9 Å². The number of rotatable bonds is 5. The molecule has 7 heteroatoms. The maximum absolute atomic E-state index is 12.0. The number of nitrogens with zero attached hydrogens (tertiary/aromatic N) is 4. The first-order valence-corrected chi connectivity index (χ1v) is 6.34. The predicted molar refractivity (Wildman–Crippen MR) is 78.6 cm³/mol. The molecule has 0 spiro atoms. The third-order valence-electron chi connectivity index (χ3n) is 3.07. The first-order chi connectivity index (χ1) is 9.63. The molecule has 0 aliphatic heterocycles. The fourth-order valence-electron chi connectivity index (χ4n) is 1.74. The molecule has 0 unspecified atom stereocenters. The van der Waals surface area contributed by atoms with Crippen LogP contribution in [0.25, 0.3) is 0 Å². The zero-order valence-corrected chi connectivity index (χ0v) is 11.6. The Morgan fingerprint density at radius 2 is 2.25 bits per heavy atom. The number of aromatic nitrogens is 3. The van der Waals surface area contributed by atoms with Crippen LogP contribution >= 0.6 is 0 Å². The average molecular weight is 274 g/mol. The van der Waals surface area contributed by atoms with Crippen molar-refractivity contribution in [3.05, 3.63) is 46.6 Å². The molecule has 20 heavy (non-hydrogen) atoms. The van der Waals surface area contributed by atoms with Gasteiger partial charge in [0.2, 0.25) is 0 Å². The van der Waals surface area contributed by atoms with E-state index in [9.17, 15) is 4.79 Å². The molecule has 2 heterocycles. The number of hydrogen-bond donors (Lipinski definition) is 2. The van der Waals surface area contributed by atoms with Crippen LogP contribution in [0.3, 0.4) is 0 Å². The molecule has 0 aliphatic carbocycles. The second-order valence-corrected chi connectivity index (χ2v) is 4.40. The molecule has 0 bridgehead atoms. The summed E-state index contributed by atoms with van der Waals surface area (Å²) < 4.78 is 1.37. The van der Waals surface area contributed by atoms with Crippen LogP contribution in [0.2, 0.25) is 0 Å². The molecule has 3 N–H and O–H groups in total. The van der Waals surface area contributed by atoms with E-state index in [0.29, 0.717) is 12.2 Å². The van der Waals surface area contributed by atoms with Crippen molar-refractivity contribution in [3.63, 3.8) is 0 Å². The van der Waals surface area contributed by atoms with Crippen LogP contribution in [0.5, 0.6) is 0 Å². The van der Waals surface area contributed by atoms with Crippen molar-refractivity contribution >= 4 is 11.4 Å². The van der Waals surface area contributed by atoms with E-state index in [-0.39, 0.29) is 5.56 Å². The van der Waals surface area contributed by atoms with E-state index in [0.717, 1.165) is 17.9 Å². The molecule has 2 rings (SSSR count). The van der Waals surface area contributed by atoms with Crippen molar-refractivity contribution in [3.8, 4) is 0 Å². The topological polar surface area (TPSA) is 89.1 Å². The first kappa shape index (κ1) is 14.0. The van der Waals surface area contributed by atoms with Gasteiger partial charge in [-0.2, -0.15) is 5.10 Å². The molecule has 0 atom stereocenters. The lowest BCUT2D eigenvalue weighted by molar-refractivity contribution is 0.627. The zero-order chi connectivity index (χ0) is 14.5. The second kappa shape index (κ2) is 6.16. The molecule has 0 aliphatic rings. The van der Waals surface area contributed by atoms with Gasteiger partial charge in [0.1, 0.15) is 0 Å². The number of nitrogens with one attached hydrogen (secondary N) is 1. The Hall–Kier alpha value is -2.41. The van der Waals surface area contributed by atoms with Crippen molar-refractivity contribution in [2.75, 3.05) is 23.9 Å². The summed E-state index contributed by atoms with van der Waals surface area (Å²) in [7, 11) is 1.92. The maximum Gasteiger partial charge on any atom is 0.269 e. The Morgan fingerprint density at radius 1 is 1.45 bits per heavy atom. The minimum Gasteiger partial charge on any atom is -0.373 e. The van der Waals surface area contributed by atoms with E-state index < -0.39 is 0 Å². The summed E-state index contributed by atoms with van der Waals surface area (Å²) in [6.45, 7) is 3.14. The predicted octanol–water partition coefficient (Wildman–Crippen LogP) is 0.428. The smallest absolute Gasteiger partial charge is 0.269 e. The maximum atomic E-state index is 12.0. The van der Waals surface area contributed by atoms with E-state index in [1.54, 1.807) is 30.6 Å². The molecule has 0 fully saturated rings. The molecule has 0 aromatic carbocycles. The highest BCUT2D eigenvalue weighted by Crippen LogP contribution is 2.08. The standard InChI is InChI=1S/C13H18N6O/c1-3-18(2)12-7-13(20)19(16-8-12)9-11-6-10(17-14)4-5-15-11/h4-8H,3,9,14H2,1-2H3,(H,15,17). The van der Waals surface area contributed by atoms with Gasteiger partial charge < -0.3 is 10.3 Å². The number of anilines is 2. The molecule has 7 nitrogen and oxygen atoms in total. The van der Waals surface area contributed by atoms with Gasteiger partial charge in [-0.15, -0.1) is 0 Å². The lowest BCUT2D eigenvalue weighted by Gasteiger charge is -2.16. The van der Waals surface area contributed by atoms with Gasteiger partial charge in [-0.3, -0.25) is 15.6 Å². The summed E-state index contributed by atoms with van der Waals surface area (Å²) in [5.41, 5.74) is 4.65. The third-order valence-corrected chi connectivity index (χ3v) is 3.07. The van der Waals surface area contributed by atoms with Gasteiger partial charge in [-0.05, 0) is 19.1 Å². The van der Waals surface area contributed by atoms with Gasteiger partial charge in [0.15, 0.2) is 0 Å². The SMILES string of the molecule is CCN(C)c1cnn(Cc2cc(NN)ccn2)c(=O)c1. The number of nitrogens with two attached hydrogens (primary N) is 1. The first-order valence-electron chi connectivity index (χ1n) is 6.34. The molecule has 0 amide bonds. The van der Waals surface area contributed by atoms with Gasteiger partial charge in [-0.25, -0.2) is 4.68 Å². The van der Waals surface area contributed by atoms with Crippen molar-refractivity contribution in [1.29, 1.82) is 0 Å². The van der Waals surface area contributed by atoms with Crippen LogP contribution in [-0.4, -0.2) is 28.4 Å². The fraction of sp³-hybridized carbons (Fsp3) is 0.308. The van der Waals surface area contributed by atoms with Crippen LogP contribution in [-0.2, 0) is 6.54 Å². The molecule has 0 saturated heterocycles. The van der Waals surface area contributed by atoms with E-state index in [4.69, 9.17) is 5.84 Å². The van der Waals surface area contributed by atoms with Crippen LogP contribution in [0.4, 0.5) is 11.4 Å². The number of hydrogen-bond acceptors (Lipinski definition) is 6. The Morgan fingerprint density at radius 3 is 2.90 bits per heavy atom. The summed E-state index contributed by atoms with van der Waals surface area (Å²) in [5.74, 6) is 5.34. The lowest BCUT2D eigenvalue weighted by Crippen LogP contribution is -2.26. The van der Waals surface area contributed by atoms with Crippen LogP contribution in [0.15, 0.2) is 35.4 Å². The highest BCUT2D eigenvalue weighted by Gasteiger charge is 2.05. The Kier molecular flexibility index (Phi) is 4.31. The number of pyridine rings is 1. The molecule has 0 radical (unpaired) electrons. The quantitative estimate of drug-likeness (QED) is 0.607. The Bertz CT molecular complexity index is 639. The van der Waals surface area contributed by atoms with Gasteiger partial charge in [-0.1, -0.05) is 0 Å². The highest BCUT2D eigenvalue weighted by molar-refractivity contribution is 5.42. The van der Waals surface area contributed by atoms with Crippen LogP contribution in [0, 0.1) is 0 Å². The van der Waals surface area contributed by atoms with Crippen LogP contribution < -0.4 is 21.7 Å². The van der Waals surface area contributed by atoms with Gasteiger partial charge in [0.25, 0.3) is 5.56 Å². The number of hydrazine groups is 1. The minimum atomic E-state index is -0.157. The summed E-state index contributed by atoms with van der Waals surface area (Å²) >= 11 is 0. The van der Waals surface area contributed by atoms with Crippen molar-refractivity contribution in [2.24, 2.45) is 5.84 Å². The van der Waals surface area contributed by atoms with Gasteiger partial charge >= 0.3 is 0 Å². The van der Waals surface area contributed by atoms with Crippen LogP contribution in [0.1, 0.15) is 12.6 Å². The Balaban J connectivity index is 2.23. The average Bonchev–Trinajstić information content (AvgIpc) is 2.48. The third kappa shape index (κ3) is 3.12. The van der Waals surface area contributed by atoms with Crippen molar-refractivity contribution < 1.29 is 0 Å². The fourth-order valence-corrected chi connectivity index (χ4v) is 1.74. The normalized spacial score (nSPS) is 10.3. The monoisotopic (exact) mass is 274 g/mol. The highest BCUT2D eigenvalue weighted by atomic mass is 16.1. The molecular formula is C13H18N6O. The van der Waals surface area contributed by atoms with E-state index in [2.05, 4.69) is 15.5 Å². The molecule has 2 aromatic rings. The molecular weight excluding hydrogens is 256 g/mol. The molecule has 2 aromatic heterocycles. The summed E-state index contributed by atoms with van der Waals surface area (Å²) in [4.78, 5) is 18.2. The van der Waals surface area contributed by atoms with Crippen molar-refractivity contribution in [2.45, 2.75) is 13.5 Å². The minimum absolute atomic E-state index is 0.157. The summed E-state index contributed by atoms with van der Waals surface area (Å²) in [6.07, 6.45) is 3.31. The van der Waals surface area contributed by atoms with E-state index in [1.165, 1.54) is 4.68 Å². The Labute approximate surface area is 117 Å². The lowest BCUT2D eigenvalue weighted by atomic mass is 10.3. The van der Waals surface area contributed by atoms with E-state index in [1.807, 2.05) is 18.9 Å². The van der Waals surface area contributed by atoms with Gasteiger partial charge in [0.05, 0.1) is 29.8 Å². The summed E-state index contributed by atoms with van der Waals surface area (Å²) in [5, 5.41) is 4.17. The van der Waals surface area contributed by atoms with E-state index >= 15 is 0 Å². The summed E-state index contributed by atoms with van der Waals surface area (Å²) in [6, 6.07) is 5.10. The largest absolute Gasteiger partial charge is 0.373 e. The zero-order valence-electron chi connectivity index (χ0n) is 11.6.